The summed E-state index contributed by atoms with van der Waals surface area (Å²) in [6, 6.07) is 1.95. The molecule has 1 rings (SSSR count). The molecule has 1 aromatic rings. The highest BCUT2D eigenvalue weighted by Crippen LogP contribution is 2.20. The van der Waals surface area contributed by atoms with Crippen LogP contribution in [0.25, 0.3) is 0 Å². The van der Waals surface area contributed by atoms with Gasteiger partial charge in [-0.25, -0.2) is 0 Å². The van der Waals surface area contributed by atoms with Crippen LogP contribution in [0, 0.1) is 19.8 Å². The molecular weight excluding hydrogens is 194 g/mol. The molecule has 0 spiro atoms. The van der Waals surface area contributed by atoms with E-state index < -0.39 is 0 Å². The fraction of sp³-hybridized carbons (Fsp3) is 0.545. The summed E-state index contributed by atoms with van der Waals surface area (Å²) in [6.07, 6.45) is 0. The molecule has 0 saturated carbocycles. The first-order chi connectivity index (χ1) is 6.50. The van der Waals surface area contributed by atoms with Crippen molar-refractivity contribution in [1.82, 2.24) is 5.32 Å². The van der Waals surface area contributed by atoms with E-state index in [1.54, 1.807) is 11.3 Å². The first-order valence-electron chi connectivity index (χ1n) is 4.86. The highest BCUT2D eigenvalue weighted by molar-refractivity contribution is 7.14. The summed E-state index contributed by atoms with van der Waals surface area (Å²) in [7, 11) is 0. The Morgan fingerprint density at radius 2 is 2.14 bits per heavy atom. The zero-order valence-electron chi connectivity index (χ0n) is 9.18. The van der Waals surface area contributed by atoms with E-state index in [1.807, 2.05) is 19.9 Å². The number of carbonyl (C=O) groups excluding carboxylic acids is 1. The highest BCUT2D eigenvalue weighted by atomic mass is 32.1. The van der Waals surface area contributed by atoms with Gasteiger partial charge in [-0.3, -0.25) is 4.79 Å². The molecule has 0 saturated heterocycles. The largest absolute Gasteiger partial charge is 0.351 e. The second-order valence-corrected chi connectivity index (χ2v) is 5.21. The number of nitrogens with one attached hydrogen (secondary N) is 1. The summed E-state index contributed by atoms with van der Waals surface area (Å²) in [5.41, 5.74) is 1.20. The number of amides is 1. The Morgan fingerprint density at radius 1 is 1.50 bits per heavy atom. The van der Waals surface area contributed by atoms with Gasteiger partial charge in [0.15, 0.2) is 0 Å². The van der Waals surface area contributed by atoms with Crippen LogP contribution in [0.5, 0.6) is 0 Å². The minimum atomic E-state index is 0.0555. The lowest BCUT2D eigenvalue weighted by atomic mass is 10.2. The Morgan fingerprint density at radius 3 is 2.57 bits per heavy atom. The van der Waals surface area contributed by atoms with Crippen LogP contribution in [0.3, 0.4) is 0 Å². The number of hydrogen-bond acceptors (Lipinski definition) is 2. The summed E-state index contributed by atoms with van der Waals surface area (Å²) in [5, 5.41) is 2.91. The number of hydrogen-bond donors (Lipinski definition) is 1. The van der Waals surface area contributed by atoms with E-state index in [2.05, 4.69) is 19.2 Å². The molecule has 0 aromatic carbocycles. The Kier molecular flexibility index (Phi) is 3.69. The van der Waals surface area contributed by atoms with Crippen LogP contribution < -0.4 is 5.32 Å². The molecule has 0 fully saturated rings. The van der Waals surface area contributed by atoms with Gasteiger partial charge in [-0.15, -0.1) is 11.3 Å². The number of rotatable bonds is 3. The lowest BCUT2D eigenvalue weighted by Gasteiger charge is -2.05. The maximum Gasteiger partial charge on any atom is 0.261 e. The van der Waals surface area contributed by atoms with E-state index in [9.17, 15) is 4.79 Å². The minimum Gasteiger partial charge on any atom is -0.351 e. The van der Waals surface area contributed by atoms with Gasteiger partial charge >= 0.3 is 0 Å². The van der Waals surface area contributed by atoms with Gasteiger partial charge in [-0.1, -0.05) is 13.8 Å². The van der Waals surface area contributed by atoms with Crippen LogP contribution in [0.15, 0.2) is 6.07 Å². The molecule has 14 heavy (non-hydrogen) atoms. The molecular formula is C11H17NOS. The predicted octanol–water partition coefficient (Wildman–Crippen LogP) is 2.75. The van der Waals surface area contributed by atoms with Gasteiger partial charge in [0.25, 0.3) is 5.91 Å². The van der Waals surface area contributed by atoms with Crippen molar-refractivity contribution < 1.29 is 4.79 Å². The van der Waals surface area contributed by atoms with Crippen LogP contribution in [-0.4, -0.2) is 12.5 Å². The molecule has 0 aliphatic heterocycles. The average molecular weight is 211 g/mol. The SMILES string of the molecule is Cc1cc(C(=O)NCC(C)C)sc1C. The van der Waals surface area contributed by atoms with Crippen molar-refractivity contribution in [2.24, 2.45) is 5.92 Å². The molecule has 1 N–H and O–H groups in total. The number of thiophene rings is 1. The van der Waals surface area contributed by atoms with Crippen LogP contribution in [0.2, 0.25) is 0 Å². The van der Waals surface area contributed by atoms with Crippen molar-refractivity contribution in [3.8, 4) is 0 Å². The average Bonchev–Trinajstić information content (AvgIpc) is 2.43. The lowest BCUT2D eigenvalue weighted by Crippen LogP contribution is -2.26. The zero-order chi connectivity index (χ0) is 10.7. The summed E-state index contributed by atoms with van der Waals surface area (Å²) < 4.78 is 0. The van der Waals surface area contributed by atoms with Crippen molar-refractivity contribution in [3.63, 3.8) is 0 Å². The van der Waals surface area contributed by atoms with Gasteiger partial charge in [-0.2, -0.15) is 0 Å². The van der Waals surface area contributed by atoms with Crippen molar-refractivity contribution in [2.45, 2.75) is 27.7 Å². The molecule has 0 aliphatic rings. The maximum atomic E-state index is 11.6. The summed E-state index contributed by atoms with van der Waals surface area (Å²) in [4.78, 5) is 13.7. The summed E-state index contributed by atoms with van der Waals surface area (Å²) in [5.74, 6) is 0.556. The van der Waals surface area contributed by atoms with Crippen molar-refractivity contribution in [3.05, 3.63) is 21.4 Å². The Bertz CT molecular complexity index is 309. The number of aryl methyl sites for hydroxylation is 2. The first kappa shape index (κ1) is 11.2. The van der Waals surface area contributed by atoms with Crippen molar-refractivity contribution >= 4 is 17.2 Å². The normalized spacial score (nSPS) is 10.6. The van der Waals surface area contributed by atoms with Gasteiger partial charge in [0.1, 0.15) is 0 Å². The topological polar surface area (TPSA) is 29.1 Å². The molecule has 0 aliphatic carbocycles. The third-order valence-electron chi connectivity index (χ3n) is 2.06. The van der Waals surface area contributed by atoms with Crippen molar-refractivity contribution in [1.29, 1.82) is 0 Å². The third-order valence-corrected chi connectivity index (χ3v) is 3.21. The molecule has 1 heterocycles. The predicted molar refractivity (Wildman–Crippen MR) is 61.0 cm³/mol. The second kappa shape index (κ2) is 4.60. The molecule has 0 atom stereocenters. The maximum absolute atomic E-state index is 11.6. The highest BCUT2D eigenvalue weighted by Gasteiger charge is 2.09. The fourth-order valence-electron chi connectivity index (χ4n) is 1.07. The molecule has 0 bridgehead atoms. The van der Waals surface area contributed by atoms with Gasteiger partial charge in [0.2, 0.25) is 0 Å². The minimum absolute atomic E-state index is 0.0555. The van der Waals surface area contributed by atoms with Crippen LogP contribution in [0.1, 0.15) is 34.0 Å². The molecule has 0 unspecified atom stereocenters. The zero-order valence-corrected chi connectivity index (χ0v) is 9.99. The van der Waals surface area contributed by atoms with Gasteiger partial charge in [-0.05, 0) is 31.4 Å². The Hall–Kier alpha value is -0.830. The lowest BCUT2D eigenvalue weighted by molar-refractivity contribution is 0.0953. The second-order valence-electron chi connectivity index (χ2n) is 3.95. The number of carbonyl (C=O) groups is 1. The summed E-state index contributed by atoms with van der Waals surface area (Å²) in [6.45, 7) is 9.00. The van der Waals surface area contributed by atoms with Crippen LogP contribution >= 0.6 is 11.3 Å². The molecule has 1 amide bonds. The Labute approximate surface area is 89.3 Å². The van der Waals surface area contributed by atoms with E-state index in [4.69, 9.17) is 0 Å². The van der Waals surface area contributed by atoms with E-state index in [-0.39, 0.29) is 5.91 Å². The smallest absolute Gasteiger partial charge is 0.261 e. The van der Waals surface area contributed by atoms with Crippen LogP contribution in [-0.2, 0) is 0 Å². The Balaban J connectivity index is 2.61. The fourth-order valence-corrected chi connectivity index (χ4v) is 2.02. The summed E-state index contributed by atoms with van der Waals surface area (Å²) >= 11 is 1.56. The first-order valence-corrected chi connectivity index (χ1v) is 5.67. The third kappa shape index (κ3) is 2.84. The van der Waals surface area contributed by atoms with Gasteiger partial charge in [0.05, 0.1) is 4.88 Å². The van der Waals surface area contributed by atoms with Crippen molar-refractivity contribution in [2.75, 3.05) is 6.54 Å². The van der Waals surface area contributed by atoms with Crippen LogP contribution in [0.4, 0.5) is 0 Å². The molecule has 1 aromatic heterocycles. The molecule has 3 heteroatoms. The van der Waals surface area contributed by atoms with E-state index >= 15 is 0 Å². The van der Waals surface area contributed by atoms with Gasteiger partial charge < -0.3 is 5.32 Å². The standard InChI is InChI=1S/C11H17NOS/c1-7(2)6-12-11(13)10-5-8(3)9(4)14-10/h5,7H,6H2,1-4H3,(H,12,13). The van der Waals surface area contributed by atoms with E-state index in [0.29, 0.717) is 5.92 Å². The van der Waals surface area contributed by atoms with E-state index in [1.165, 1.54) is 10.4 Å². The van der Waals surface area contributed by atoms with Gasteiger partial charge in [0, 0.05) is 11.4 Å². The van der Waals surface area contributed by atoms with E-state index in [0.717, 1.165) is 11.4 Å². The monoisotopic (exact) mass is 211 g/mol. The molecule has 0 radical (unpaired) electrons. The molecule has 2 nitrogen and oxygen atoms in total. The molecule has 78 valence electrons. The quantitative estimate of drug-likeness (QED) is 0.818.